The topological polar surface area (TPSA) is 112 Å². The molecule has 0 spiro atoms. The number of carbonyl (C=O) groups is 3. The van der Waals surface area contributed by atoms with Crippen LogP contribution < -0.4 is 0 Å². The van der Waals surface area contributed by atoms with E-state index in [1.54, 1.807) is 41.5 Å². The molecule has 403 valence electrons. The summed E-state index contributed by atoms with van der Waals surface area (Å²) in [6.07, 6.45) is -18.3. The zero-order valence-electron chi connectivity index (χ0n) is 37.9. The van der Waals surface area contributed by atoms with Gasteiger partial charge in [0.1, 0.15) is 0 Å². The predicted molar refractivity (Wildman–Crippen MR) is 196 cm³/mol. The van der Waals surface area contributed by atoms with Crippen LogP contribution in [0.25, 0.3) is 0 Å². The Kier molecular flexibility index (Phi) is 15.2. The van der Waals surface area contributed by atoms with Gasteiger partial charge in [-0.1, -0.05) is 62.3 Å². The molecule has 3 N–H and O–H groups in total. The number of aliphatic hydroxyl groups excluding tert-OH is 3. The van der Waals surface area contributed by atoms with E-state index >= 15 is 0 Å². The van der Waals surface area contributed by atoms with Crippen molar-refractivity contribution < 1.29 is 171 Å². The Morgan fingerprint density at radius 3 is 0.643 bits per heavy atom. The molecule has 6 rings (SSSR count). The summed E-state index contributed by atoms with van der Waals surface area (Å²) in [6, 6.07) is 0. The average Bonchev–Trinajstić information content (AvgIpc) is 3.79. The smallest absolute Gasteiger partial charge is 0.460 e. The molecule has 0 aromatic carbocycles. The molecule has 1 radical (unpaired) electrons. The van der Waals surface area contributed by atoms with Crippen molar-refractivity contribution >= 4 is 17.3 Å². The number of allylic oxidation sites excluding steroid dienone is 6. The molecule has 0 unspecified atom stereocenters. The molecule has 6 fully saturated rings. The number of halogens is 21. The number of alkyl halides is 21. The van der Waals surface area contributed by atoms with Crippen molar-refractivity contribution in [3.05, 3.63) is 34.0 Å². The first-order valence-electron chi connectivity index (χ1n) is 20.5. The largest absolute Gasteiger partial charge is 0.506 e. The maximum Gasteiger partial charge on any atom is 0.460 e. The number of aliphatic hydroxyl groups is 3. The van der Waals surface area contributed by atoms with Crippen LogP contribution in [0.5, 0.6) is 0 Å². The Morgan fingerprint density at radius 1 is 0.371 bits per heavy atom. The van der Waals surface area contributed by atoms with Crippen LogP contribution in [0, 0.1) is 99.6 Å². The van der Waals surface area contributed by atoms with Crippen molar-refractivity contribution in [2.45, 2.75) is 155 Å². The van der Waals surface area contributed by atoms with Gasteiger partial charge in [0.15, 0.2) is 34.6 Å². The molecule has 6 saturated carbocycles. The Bertz CT molecular complexity index is 2020. The zero-order valence-corrected chi connectivity index (χ0v) is 40.3. The monoisotopic (exact) mass is 1200 g/mol. The van der Waals surface area contributed by atoms with E-state index in [0.29, 0.717) is 19.3 Å². The number of carbonyl (C=O) groups excluding carboxylic acids is 3. The Hall–Kier alpha value is -2.26. The maximum absolute atomic E-state index is 13.7. The first kappa shape index (κ1) is 62.0. The predicted octanol–water partition coefficient (Wildman–Crippen LogP) is 14.0. The van der Waals surface area contributed by atoms with Crippen molar-refractivity contribution in [1.29, 1.82) is 0 Å². The van der Waals surface area contributed by atoms with Crippen molar-refractivity contribution in [3.63, 3.8) is 0 Å². The van der Waals surface area contributed by atoms with Crippen LogP contribution >= 0.6 is 0 Å². The minimum Gasteiger partial charge on any atom is -0.506 e. The van der Waals surface area contributed by atoms with Crippen molar-refractivity contribution in [2.24, 2.45) is 50.2 Å². The van der Waals surface area contributed by atoms with E-state index in [4.69, 9.17) is 0 Å². The van der Waals surface area contributed by atoms with Gasteiger partial charge in [0, 0.05) is 82.3 Å². The van der Waals surface area contributed by atoms with Gasteiger partial charge in [-0.05, 0) is 72.5 Å². The van der Waals surface area contributed by atoms with Gasteiger partial charge in [0.05, 0.1) is 0 Å². The van der Waals surface area contributed by atoms with Crippen LogP contribution in [0.4, 0.5) is 92.2 Å². The average molecular weight is 1200 g/mol. The molecule has 6 nitrogen and oxygen atoms in total. The normalized spacial score (nSPS) is 32.8. The standard InChI is InChI=1S/3C14H15F7O2.Eu/c3*1-10(2)6-4-5-11(10,3)8(22)7(6)9(23)12(15,16)13(17,18)14(19,20)21;/h3*6,23H,4-5H2,1-3H3;/b9-7+;2*9-7-;/t3*6-,11+;/m000./s1. The summed E-state index contributed by atoms with van der Waals surface area (Å²) in [5, 5.41) is 28.6. The second-order valence-corrected chi connectivity index (χ2v) is 20.6. The van der Waals surface area contributed by atoms with Gasteiger partial charge in [-0.25, -0.2) is 0 Å². The molecule has 28 heteroatoms. The molecule has 6 atom stereocenters. The molecule has 6 aliphatic rings. The van der Waals surface area contributed by atoms with Crippen molar-refractivity contribution in [2.75, 3.05) is 0 Å². The maximum atomic E-state index is 13.7. The van der Waals surface area contributed by atoms with E-state index < -0.39 is 156 Å². The number of ketones is 3. The summed E-state index contributed by atoms with van der Waals surface area (Å²) in [7, 11) is 0. The molecule has 0 saturated heterocycles. The van der Waals surface area contributed by atoms with Gasteiger partial charge >= 0.3 is 54.1 Å². The summed E-state index contributed by atoms with van der Waals surface area (Å²) in [4.78, 5) is 36.9. The molecule has 0 aliphatic heterocycles. The van der Waals surface area contributed by atoms with Gasteiger partial charge < -0.3 is 15.3 Å². The fourth-order valence-electron chi connectivity index (χ4n) is 10.9. The van der Waals surface area contributed by atoms with E-state index in [1.807, 2.05) is 0 Å². The van der Waals surface area contributed by atoms with E-state index in [-0.39, 0.29) is 68.6 Å². The molecule has 0 aromatic heterocycles. The molecule has 70 heavy (non-hydrogen) atoms. The van der Waals surface area contributed by atoms with Gasteiger partial charge in [-0.15, -0.1) is 0 Å². The third-order valence-corrected chi connectivity index (χ3v) is 16.9. The number of hydrogen-bond acceptors (Lipinski definition) is 6. The molecule has 0 aromatic rings. The fraction of sp³-hybridized carbons (Fsp3) is 0.786. The molecule has 6 aliphatic carbocycles. The summed E-state index contributed by atoms with van der Waals surface area (Å²) >= 11 is 0. The van der Waals surface area contributed by atoms with Crippen molar-refractivity contribution in [3.8, 4) is 0 Å². The number of fused-ring (bicyclic) bond motifs is 6. The minimum atomic E-state index is -6.56. The van der Waals surface area contributed by atoms with E-state index in [2.05, 4.69) is 0 Å². The molecular formula is C42H45EuF21O6. The first-order chi connectivity index (χ1) is 30.1. The summed E-state index contributed by atoms with van der Waals surface area (Å²) in [5.41, 5.74) is -9.29. The van der Waals surface area contributed by atoms with Crippen LogP contribution in [0.1, 0.15) is 101 Å². The summed E-state index contributed by atoms with van der Waals surface area (Å²) < 4.78 is 271. The molecule has 6 bridgehead atoms. The molecule has 0 heterocycles. The molecular weight excluding hydrogens is 1150 g/mol. The molecule has 0 amide bonds. The third kappa shape index (κ3) is 7.90. The second kappa shape index (κ2) is 17.1. The Labute approximate surface area is 425 Å². The Balaban J connectivity index is 0.000000276. The fourth-order valence-corrected chi connectivity index (χ4v) is 10.9. The first-order valence-corrected chi connectivity index (χ1v) is 20.5. The van der Waals surface area contributed by atoms with Crippen LogP contribution in [0.15, 0.2) is 34.0 Å². The third-order valence-electron chi connectivity index (χ3n) is 16.9. The minimum absolute atomic E-state index is 0. The zero-order chi connectivity index (χ0) is 54.7. The van der Waals surface area contributed by atoms with Gasteiger partial charge in [-0.2, -0.15) is 92.2 Å². The van der Waals surface area contributed by atoms with Crippen LogP contribution in [0.2, 0.25) is 0 Å². The van der Waals surface area contributed by atoms with Crippen molar-refractivity contribution in [1.82, 2.24) is 0 Å². The van der Waals surface area contributed by atoms with Gasteiger partial charge in [-0.3, -0.25) is 14.4 Å². The van der Waals surface area contributed by atoms with E-state index in [0.717, 1.165) is 0 Å². The Morgan fingerprint density at radius 2 is 0.529 bits per heavy atom. The van der Waals surface area contributed by atoms with Gasteiger partial charge in [0.25, 0.3) is 0 Å². The van der Waals surface area contributed by atoms with Crippen LogP contribution in [-0.4, -0.2) is 86.7 Å². The quantitative estimate of drug-likeness (QED) is 0.139. The SMILES string of the molecule is CC1(C)[C@H]2CC[C@]1(C)C(=O)/C2=C(/O)C(F)(F)C(F)(F)C(F)(F)F.CC1(C)[C@H]2CC[C@]1(C)C(=O)/C2=C(\O)C(F)(F)C(F)(F)C(F)(F)F.CC1(C)[C@H]2CC[C@]1(C)C(=O)/C2=C(\O)C(F)(F)C(F)(F)C(F)(F)F.[Eu]. The second-order valence-electron chi connectivity index (χ2n) is 20.6. The van der Waals surface area contributed by atoms with Crippen LogP contribution in [0.3, 0.4) is 0 Å². The number of rotatable bonds is 6. The van der Waals surface area contributed by atoms with E-state index in [1.165, 1.54) is 20.8 Å². The number of hydrogen-bond donors (Lipinski definition) is 3. The van der Waals surface area contributed by atoms with Gasteiger partial charge in [0.2, 0.25) is 0 Å². The summed E-state index contributed by atoms with van der Waals surface area (Å²) in [5.74, 6) is -50.5. The number of Topliss-reactive ketones (excluding diaryl/α,β-unsaturated/α-hetero) is 3. The van der Waals surface area contributed by atoms with E-state index in [9.17, 15) is 122 Å². The summed E-state index contributed by atoms with van der Waals surface area (Å²) in [6.45, 7) is 13.6. The van der Waals surface area contributed by atoms with Crippen LogP contribution in [-0.2, 0) is 14.4 Å².